The van der Waals surface area contributed by atoms with Gasteiger partial charge in [0.15, 0.2) is 23.0 Å². The molecule has 5 nitrogen and oxygen atoms in total. The van der Waals surface area contributed by atoms with Gasteiger partial charge in [-0.3, -0.25) is 4.79 Å². The highest BCUT2D eigenvalue weighted by Gasteiger charge is 2.33. The molecule has 0 N–H and O–H groups in total. The summed E-state index contributed by atoms with van der Waals surface area (Å²) in [7, 11) is 0. The van der Waals surface area contributed by atoms with Crippen LogP contribution in [0.15, 0.2) is 22.9 Å². The second-order valence-corrected chi connectivity index (χ2v) is 5.18. The maximum atomic E-state index is 12.7. The van der Waals surface area contributed by atoms with E-state index in [1.54, 1.807) is 12.1 Å². The summed E-state index contributed by atoms with van der Waals surface area (Å²) in [5.74, 6) is 2.34. The summed E-state index contributed by atoms with van der Waals surface area (Å²) in [4.78, 5) is 12.7. The quantitative estimate of drug-likeness (QED) is 0.803. The molecule has 0 amide bonds. The van der Waals surface area contributed by atoms with Gasteiger partial charge in [0, 0.05) is 17.0 Å². The van der Waals surface area contributed by atoms with Crippen LogP contribution in [0.3, 0.4) is 0 Å². The fraction of sp³-hybridized carbons (Fsp3) is 0.333. The first-order valence-electron chi connectivity index (χ1n) is 6.64. The molecule has 1 aliphatic carbocycles. The minimum Gasteiger partial charge on any atom is -0.454 e. The molecule has 20 heavy (non-hydrogen) atoms. The van der Waals surface area contributed by atoms with E-state index in [1.807, 2.05) is 6.92 Å². The van der Waals surface area contributed by atoms with E-state index in [2.05, 4.69) is 5.16 Å². The predicted octanol–water partition coefficient (Wildman–Crippen LogP) is 2.82. The van der Waals surface area contributed by atoms with Crippen LogP contribution in [0.2, 0.25) is 0 Å². The Kier molecular flexibility index (Phi) is 2.36. The lowest BCUT2D eigenvalue weighted by molar-refractivity contribution is 0.103. The van der Waals surface area contributed by atoms with E-state index in [4.69, 9.17) is 14.0 Å². The topological polar surface area (TPSA) is 61.6 Å². The number of ether oxygens (including phenoxy) is 2. The SMILES string of the molecule is Cc1c(C(=O)c2cnoc2C2CC2)ccc2c1OCO2. The minimum absolute atomic E-state index is 0.0658. The molecular formula is C15H13NO4. The molecule has 0 unspecified atom stereocenters. The van der Waals surface area contributed by atoms with Crippen molar-refractivity contribution in [1.29, 1.82) is 0 Å². The van der Waals surface area contributed by atoms with Crippen LogP contribution in [0.1, 0.15) is 46.0 Å². The molecule has 5 heteroatoms. The average Bonchev–Trinajstić information content (AvgIpc) is 3.00. The van der Waals surface area contributed by atoms with E-state index in [9.17, 15) is 4.79 Å². The monoisotopic (exact) mass is 271 g/mol. The number of carbonyl (C=O) groups excluding carboxylic acids is 1. The smallest absolute Gasteiger partial charge is 0.231 e. The van der Waals surface area contributed by atoms with Crippen molar-refractivity contribution in [2.75, 3.05) is 6.79 Å². The van der Waals surface area contributed by atoms with Crippen LogP contribution in [0.4, 0.5) is 0 Å². The summed E-state index contributed by atoms with van der Waals surface area (Å²) in [6.45, 7) is 2.07. The van der Waals surface area contributed by atoms with E-state index in [0.717, 1.165) is 18.4 Å². The van der Waals surface area contributed by atoms with Gasteiger partial charge in [0.25, 0.3) is 0 Å². The molecule has 0 saturated heterocycles. The lowest BCUT2D eigenvalue weighted by Gasteiger charge is -2.07. The third kappa shape index (κ3) is 1.62. The van der Waals surface area contributed by atoms with Crippen LogP contribution in [0, 0.1) is 6.92 Å². The molecule has 1 aromatic carbocycles. The molecule has 1 aromatic heterocycles. The van der Waals surface area contributed by atoms with Gasteiger partial charge in [0.05, 0.1) is 11.8 Å². The predicted molar refractivity (Wildman–Crippen MR) is 69.2 cm³/mol. The van der Waals surface area contributed by atoms with Crippen molar-refractivity contribution in [2.24, 2.45) is 0 Å². The van der Waals surface area contributed by atoms with Crippen molar-refractivity contribution in [3.8, 4) is 11.5 Å². The Morgan fingerprint density at radius 2 is 2.10 bits per heavy atom. The Bertz CT molecular complexity index is 700. The minimum atomic E-state index is -0.0658. The van der Waals surface area contributed by atoms with Gasteiger partial charge in [-0.1, -0.05) is 5.16 Å². The van der Waals surface area contributed by atoms with E-state index >= 15 is 0 Å². The second kappa shape index (κ2) is 4.10. The Morgan fingerprint density at radius 1 is 1.25 bits per heavy atom. The highest BCUT2D eigenvalue weighted by molar-refractivity contribution is 6.11. The third-order valence-electron chi connectivity index (χ3n) is 3.82. The van der Waals surface area contributed by atoms with Crippen LogP contribution in [-0.4, -0.2) is 17.7 Å². The Morgan fingerprint density at radius 3 is 2.90 bits per heavy atom. The first-order valence-corrected chi connectivity index (χ1v) is 6.64. The molecule has 2 aromatic rings. The number of benzene rings is 1. The number of rotatable bonds is 3. The van der Waals surface area contributed by atoms with Crippen molar-refractivity contribution in [3.05, 3.63) is 40.8 Å². The number of fused-ring (bicyclic) bond motifs is 1. The summed E-state index contributed by atoms with van der Waals surface area (Å²) in [6, 6.07) is 3.54. The molecule has 2 aliphatic rings. The van der Waals surface area contributed by atoms with Gasteiger partial charge in [-0.2, -0.15) is 0 Å². The van der Waals surface area contributed by atoms with Crippen molar-refractivity contribution < 1.29 is 18.8 Å². The van der Waals surface area contributed by atoms with Gasteiger partial charge in [0.1, 0.15) is 0 Å². The van der Waals surface area contributed by atoms with Gasteiger partial charge in [0.2, 0.25) is 6.79 Å². The van der Waals surface area contributed by atoms with Crippen LogP contribution < -0.4 is 9.47 Å². The molecule has 0 radical (unpaired) electrons. The van der Waals surface area contributed by atoms with E-state index in [-0.39, 0.29) is 12.6 Å². The molecule has 2 heterocycles. The molecule has 102 valence electrons. The van der Waals surface area contributed by atoms with Crippen LogP contribution in [-0.2, 0) is 0 Å². The molecule has 0 atom stereocenters. The number of carbonyl (C=O) groups is 1. The highest BCUT2D eigenvalue weighted by atomic mass is 16.7. The summed E-state index contributed by atoms with van der Waals surface area (Å²) in [5, 5.41) is 3.78. The fourth-order valence-corrected chi connectivity index (χ4v) is 2.56. The summed E-state index contributed by atoms with van der Waals surface area (Å²) in [5.41, 5.74) is 1.97. The van der Waals surface area contributed by atoms with E-state index in [1.165, 1.54) is 6.20 Å². The van der Waals surface area contributed by atoms with Crippen LogP contribution in [0.25, 0.3) is 0 Å². The van der Waals surface area contributed by atoms with Gasteiger partial charge < -0.3 is 14.0 Å². The molecule has 1 fully saturated rings. The number of ketones is 1. The van der Waals surface area contributed by atoms with Crippen LogP contribution in [0.5, 0.6) is 11.5 Å². The number of hydrogen-bond donors (Lipinski definition) is 0. The van der Waals surface area contributed by atoms with Gasteiger partial charge >= 0.3 is 0 Å². The Balaban J connectivity index is 1.77. The fourth-order valence-electron chi connectivity index (χ4n) is 2.56. The van der Waals surface area contributed by atoms with Crippen molar-refractivity contribution in [3.63, 3.8) is 0 Å². The number of nitrogens with zero attached hydrogens (tertiary/aromatic N) is 1. The first kappa shape index (κ1) is 11.5. The van der Waals surface area contributed by atoms with Crippen molar-refractivity contribution >= 4 is 5.78 Å². The summed E-state index contributed by atoms with van der Waals surface area (Å²) < 4.78 is 16.0. The Labute approximate surface area is 115 Å². The average molecular weight is 271 g/mol. The number of aromatic nitrogens is 1. The normalized spacial score (nSPS) is 16.4. The molecule has 4 rings (SSSR count). The highest BCUT2D eigenvalue weighted by Crippen LogP contribution is 2.43. The zero-order chi connectivity index (χ0) is 13.7. The third-order valence-corrected chi connectivity index (χ3v) is 3.82. The number of hydrogen-bond acceptors (Lipinski definition) is 5. The van der Waals surface area contributed by atoms with Gasteiger partial charge in [-0.25, -0.2) is 0 Å². The zero-order valence-corrected chi connectivity index (χ0v) is 11.0. The first-order chi connectivity index (χ1) is 9.75. The summed E-state index contributed by atoms with van der Waals surface area (Å²) in [6.07, 6.45) is 3.64. The lowest BCUT2D eigenvalue weighted by atomic mass is 9.97. The van der Waals surface area contributed by atoms with Gasteiger partial charge in [-0.15, -0.1) is 0 Å². The molecule has 0 spiro atoms. The molecule has 0 bridgehead atoms. The largest absolute Gasteiger partial charge is 0.454 e. The van der Waals surface area contributed by atoms with E-state index < -0.39 is 0 Å². The second-order valence-electron chi connectivity index (χ2n) is 5.18. The Hall–Kier alpha value is -2.30. The zero-order valence-electron chi connectivity index (χ0n) is 11.0. The van der Waals surface area contributed by atoms with Crippen molar-refractivity contribution in [2.45, 2.75) is 25.7 Å². The van der Waals surface area contributed by atoms with E-state index in [0.29, 0.717) is 34.3 Å². The maximum absolute atomic E-state index is 12.7. The lowest BCUT2D eigenvalue weighted by Crippen LogP contribution is -2.05. The van der Waals surface area contributed by atoms with Gasteiger partial charge in [-0.05, 0) is 31.9 Å². The van der Waals surface area contributed by atoms with Crippen molar-refractivity contribution in [1.82, 2.24) is 5.16 Å². The summed E-state index contributed by atoms with van der Waals surface area (Å²) >= 11 is 0. The standard InChI is InChI=1S/C15H13NO4/c1-8-10(4-5-12-14(8)19-7-18-12)13(17)11-6-16-20-15(11)9-2-3-9/h4-6,9H,2-3,7H2,1H3. The molecule has 1 aliphatic heterocycles. The molecular weight excluding hydrogens is 258 g/mol. The maximum Gasteiger partial charge on any atom is 0.231 e. The van der Waals surface area contributed by atoms with Crippen LogP contribution >= 0.6 is 0 Å². The molecule has 1 saturated carbocycles.